The minimum absolute atomic E-state index is 0.550. The van der Waals surface area contributed by atoms with Gasteiger partial charge in [-0.3, -0.25) is 4.90 Å². The van der Waals surface area contributed by atoms with Gasteiger partial charge in [0.25, 0.3) is 0 Å². The number of pyridine rings is 1. The molecule has 1 aliphatic rings. The molecular formula is C15H25ClN4. The van der Waals surface area contributed by atoms with Crippen LogP contribution in [0.2, 0.25) is 5.02 Å². The van der Waals surface area contributed by atoms with Crippen LogP contribution in [0.15, 0.2) is 12.1 Å². The molecule has 112 valence electrons. The van der Waals surface area contributed by atoms with Gasteiger partial charge in [-0.1, -0.05) is 38.3 Å². The van der Waals surface area contributed by atoms with Gasteiger partial charge in [-0.05, 0) is 43.5 Å². The first-order chi connectivity index (χ1) is 9.62. The van der Waals surface area contributed by atoms with Gasteiger partial charge in [-0.2, -0.15) is 0 Å². The molecule has 1 aromatic heterocycles. The third-order valence-corrected chi connectivity index (χ3v) is 5.20. The molecule has 2 rings (SSSR count). The predicted molar refractivity (Wildman–Crippen MR) is 84.6 cm³/mol. The van der Waals surface area contributed by atoms with Crippen LogP contribution < -0.4 is 11.3 Å². The highest BCUT2D eigenvalue weighted by atomic mass is 35.5. The van der Waals surface area contributed by atoms with Crippen LogP contribution in [0.4, 0.5) is 5.82 Å². The lowest BCUT2D eigenvalue weighted by Gasteiger charge is -2.41. The van der Waals surface area contributed by atoms with Crippen molar-refractivity contribution >= 4 is 17.4 Å². The molecule has 4 nitrogen and oxygen atoms in total. The van der Waals surface area contributed by atoms with Crippen LogP contribution in [-0.2, 0) is 6.54 Å². The molecule has 1 saturated heterocycles. The third kappa shape index (κ3) is 3.43. The largest absolute Gasteiger partial charge is 0.308 e. The molecule has 0 saturated carbocycles. The number of piperidine rings is 1. The molecule has 5 heteroatoms. The Balaban J connectivity index is 1.99. The topological polar surface area (TPSA) is 54.2 Å². The number of rotatable bonds is 5. The highest BCUT2D eigenvalue weighted by Gasteiger charge is 2.31. The van der Waals surface area contributed by atoms with Gasteiger partial charge in [0, 0.05) is 6.54 Å². The fraction of sp³-hybridized carbons (Fsp3) is 0.667. The van der Waals surface area contributed by atoms with Gasteiger partial charge in [-0.15, -0.1) is 0 Å². The number of hydrazine groups is 1. The summed E-state index contributed by atoms with van der Waals surface area (Å²) in [5, 5.41) is 0.715. The fourth-order valence-electron chi connectivity index (χ4n) is 3.03. The molecule has 0 bridgehead atoms. The number of nitrogen functional groups attached to an aromatic ring is 1. The summed E-state index contributed by atoms with van der Waals surface area (Å²) >= 11 is 6.23. The highest BCUT2D eigenvalue weighted by molar-refractivity contribution is 6.31. The normalized spacial score (nSPS) is 19.0. The molecule has 0 spiro atoms. The summed E-state index contributed by atoms with van der Waals surface area (Å²) < 4.78 is 0. The van der Waals surface area contributed by atoms with Crippen LogP contribution in [0.25, 0.3) is 0 Å². The van der Waals surface area contributed by atoms with Gasteiger partial charge in [0.1, 0.15) is 5.82 Å². The van der Waals surface area contributed by atoms with Crippen LogP contribution in [0.3, 0.4) is 0 Å². The van der Waals surface area contributed by atoms with E-state index in [1.807, 2.05) is 6.07 Å². The summed E-state index contributed by atoms with van der Waals surface area (Å²) in [4.78, 5) is 6.89. The van der Waals surface area contributed by atoms with Crippen molar-refractivity contribution in [3.63, 3.8) is 0 Å². The second-order valence-electron chi connectivity index (χ2n) is 5.75. The van der Waals surface area contributed by atoms with E-state index in [1.165, 1.54) is 25.7 Å². The van der Waals surface area contributed by atoms with Gasteiger partial charge >= 0.3 is 0 Å². The van der Waals surface area contributed by atoms with Crippen molar-refractivity contribution < 1.29 is 0 Å². The number of nitrogens with two attached hydrogens (primary N) is 1. The van der Waals surface area contributed by atoms with Crippen LogP contribution in [0, 0.1) is 5.41 Å². The van der Waals surface area contributed by atoms with Crippen molar-refractivity contribution in [2.24, 2.45) is 11.3 Å². The number of anilines is 1. The first-order valence-electron chi connectivity index (χ1n) is 7.47. The molecule has 3 N–H and O–H groups in total. The maximum atomic E-state index is 6.23. The lowest BCUT2D eigenvalue weighted by molar-refractivity contribution is 0.0901. The molecule has 2 heterocycles. The van der Waals surface area contributed by atoms with Crippen LogP contribution in [0.1, 0.15) is 45.2 Å². The number of hydrogen-bond acceptors (Lipinski definition) is 4. The molecule has 0 amide bonds. The molecule has 0 radical (unpaired) electrons. The van der Waals surface area contributed by atoms with E-state index in [1.54, 1.807) is 6.07 Å². The number of halogens is 1. The minimum Gasteiger partial charge on any atom is -0.308 e. The summed E-state index contributed by atoms with van der Waals surface area (Å²) in [5.74, 6) is 6.07. The number of nitrogens with zero attached hydrogens (tertiary/aromatic N) is 2. The summed E-state index contributed by atoms with van der Waals surface area (Å²) in [6, 6.07) is 3.65. The number of likely N-dealkylation sites (tertiary alicyclic amines) is 1. The Morgan fingerprint density at radius 2 is 1.95 bits per heavy atom. The Morgan fingerprint density at radius 1 is 1.30 bits per heavy atom. The smallest absolute Gasteiger partial charge is 0.140 e. The fourth-order valence-corrected chi connectivity index (χ4v) is 3.20. The van der Waals surface area contributed by atoms with Crippen molar-refractivity contribution in [1.29, 1.82) is 0 Å². The lowest BCUT2D eigenvalue weighted by atomic mass is 9.74. The van der Waals surface area contributed by atoms with E-state index in [2.05, 4.69) is 29.2 Å². The zero-order valence-corrected chi connectivity index (χ0v) is 13.2. The van der Waals surface area contributed by atoms with Crippen molar-refractivity contribution in [2.75, 3.05) is 18.5 Å². The van der Waals surface area contributed by atoms with Crippen molar-refractivity contribution in [2.45, 2.75) is 46.1 Å². The van der Waals surface area contributed by atoms with Gasteiger partial charge in [0.2, 0.25) is 0 Å². The van der Waals surface area contributed by atoms with E-state index in [-0.39, 0.29) is 0 Å². The van der Waals surface area contributed by atoms with Gasteiger partial charge in [0.05, 0.1) is 10.7 Å². The number of hydrogen-bond donors (Lipinski definition) is 2. The Bertz CT molecular complexity index is 435. The molecule has 0 unspecified atom stereocenters. The van der Waals surface area contributed by atoms with Gasteiger partial charge in [0.15, 0.2) is 0 Å². The minimum atomic E-state index is 0.550. The highest BCUT2D eigenvalue weighted by Crippen LogP contribution is 2.38. The summed E-state index contributed by atoms with van der Waals surface area (Å²) in [6.45, 7) is 7.68. The Hall–Kier alpha value is -0.840. The molecular weight excluding hydrogens is 272 g/mol. The molecule has 0 atom stereocenters. The van der Waals surface area contributed by atoms with E-state index in [9.17, 15) is 0 Å². The molecule has 1 aromatic rings. The van der Waals surface area contributed by atoms with E-state index in [0.29, 0.717) is 16.3 Å². The zero-order chi connectivity index (χ0) is 14.6. The monoisotopic (exact) mass is 296 g/mol. The standard InChI is InChI=1S/C15H25ClN4/c1-3-15(4-2)7-9-20(10-8-15)11-13-12(16)5-6-14(18-13)19-17/h5-6H,3-4,7-11,17H2,1-2H3,(H,18,19). The zero-order valence-electron chi connectivity index (χ0n) is 12.5. The van der Waals surface area contributed by atoms with Crippen LogP contribution in [-0.4, -0.2) is 23.0 Å². The maximum absolute atomic E-state index is 6.23. The molecule has 1 fully saturated rings. The van der Waals surface area contributed by atoms with Crippen LogP contribution >= 0.6 is 11.6 Å². The predicted octanol–water partition coefficient (Wildman–Crippen LogP) is 3.42. The van der Waals surface area contributed by atoms with Crippen LogP contribution in [0.5, 0.6) is 0 Å². The lowest BCUT2D eigenvalue weighted by Crippen LogP contribution is -2.39. The molecule has 20 heavy (non-hydrogen) atoms. The Kier molecular flexibility index (Phi) is 5.24. The van der Waals surface area contributed by atoms with Gasteiger partial charge in [-0.25, -0.2) is 10.8 Å². The first kappa shape index (κ1) is 15.5. The summed E-state index contributed by atoms with van der Waals surface area (Å²) in [5.41, 5.74) is 4.03. The van der Waals surface area contributed by atoms with Crippen molar-refractivity contribution in [3.8, 4) is 0 Å². The van der Waals surface area contributed by atoms with E-state index in [0.717, 1.165) is 25.3 Å². The van der Waals surface area contributed by atoms with Gasteiger partial charge < -0.3 is 5.43 Å². The molecule has 0 aromatic carbocycles. The Labute approximate surface area is 126 Å². The Morgan fingerprint density at radius 3 is 2.50 bits per heavy atom. The summed E-state index contributed by atoms with van der Waals surface area (Å²) in [7, 11) is 0. The van der Waals surface area contributed by atoms with E-state index in [4.69, 9.17) is 17.4 Å². The molecule has 1 aliphatic heterocycles. The van der Waals surface area contributed by atoms with E-state index >= 15 is 0 Å². The average Bonchev–Trinajstić information content (AvgIpc) is 2.50. The maximum Gasteiger partial charge on any atom is 0.140 e. The second-order valence-corrected chi connectivity index (χ2v) is 6.16. The van der Waals surface area contributed by atoms with E-state index < -0.39 is 0 Å². The number of nitrogens with one attached hydrogen (secondary N) is 1. The average molecular weight is 297 g/mol. The second kappa shape index (κ2) is 6.74. The van der Waals surface area contributed by atoms with Crippen molar-refractivity contribution in [3.05, 3.63) is 22.8 Å². The quantitative estimate of drug-likeness (QED) is 0.646. The molecule has 0 aliphatic carbocycles. The van der Waals surface area contributed by atoms with Crippen molar-refractivity contribution in [1.82, 2.24) is 9.88 Å². The number of aromatic nitrogens is 1. The summed E-state index contributed by atoms with van der Waals surface area (Å²) in [6.07, 6.45) is 5.10. The third-order valence-electron chi connectivity index (χ3n) is 4.86. The SMILES string of the molecule is CCC1(CC)CCN(Cc2nc(NN)ccc2Cl)CC1. The first-order valence-corrected chi connectivity index (χ1v) is 7.84.